The van der Waals surface area contributed by atoms with E-state index in [-0.39, 0.29) is 11.1 Å². The molecule has 1 aromatic carbocycles. The molecule has 1 N–H and O–H groups in total. The summed E-state index contributed by atoms with van der Waals surface area (Å²) in [5.74, 6) is -1.15. The van der Waals surface area contributed by atoms with Crippen LogP contribution in [0.4, 0.5) is 0 Å². The van der Waals surface area contributed by atoms with Gasteiger partial charge in [0.15, 0.2) is 6.29 Å². The lowest BCUT2D eigenvalue weighted by atomic mass is 10.1. The van der Waals surface area contributed by atoms with Gasteiger partial charge in [-0.25, -0.2) is 4.79 Å². The van der Waals surface area contributed by atoms with Gasteiger partial charge in [0.25, 0.3) is 0 Å². The number of benzene rings is 1. The van der Waals surface area contributed by atoms with E-state index < -0.39 is 5.97 Å². The first-order valence-electron chi connectivity index (χ1n) is 3.13. The number of carbonyl (C=O) groups excluding carboxylic acids is 1. The predicted octanol–water partition coefficient (Wildman–Crippen LogP) is 1.85. The molecule has 0 aliphatic carbocycles. The van der Waals surface area contributed by atoms with E-state index in [4.69, 9.17) is 16.7 Å². The van der Waals surface area contributed by atoms with Crippen molar-refractivity contribution in [1.82, 2.24) is 0 Å². The van der Waals surface area contributed by atoms with Crippen LogP contribution in [-0.4, -0.2) is 17.4 Å². The standard InChI is InChI=1S/C8H5ClO3/c9-6-2-1-5(4-10)7(3-6)8(11)12/h1-4H,(H,11,12). The number of aromatic carboxylic acids is 1. The van der Waals surface area contributed by atoms with E-state index in [9.17, 15) is 9.59 Å². The van der Waals surface area contributed by atoms with Crippen LogP contribution < -0.4 is 0 Å². The second-order valence-corrected chi connectivity index (χ2v) is 2.59. The zero-order chi connectivity index (χ0) is 9.14. The van der Waals surface area contributed by atoms with E-state index in [1.165, 1.54) is 18.2 Å². The number of carboxylic acids is 1. The van der Waals surface area contributed by atoms with Crippen LogP contribution in [0, 0.1) is 0 Å². The molecule has 3 nitrogen and oxygen atoms in total. The van der Waals surface area contributed by atoms with Gasteiger partial charge in [-0.1, -0.05) is 11.6 Å². The lowest BCUT2D eigenvalue weighted by molar-refractivity contribution is 0.0694. The fourth-order valence-corrected chi connectivity index (χ4v) is 0.989. The maximum atomic E-state index is 10.5. The van der Waals surface area contributed by atoms with Gasteiger partial charge in [-0.15, -0.1) is 0 Å². The molecule has 0 aliphatic heterocycles. The van der Waals surface area contributed by atoms with Crippen LogP contribution in [0.25, 0.3) is 0 Å². The summed E-state index contributed by atoms with van der Waals surface area (Å²) in [5, 5.41) is 8.91. The second-order valence-electron chi connectivity index (χ2n) is 2.15. The first-order valence-corrected chi connectivity index (χ1v) is 3.51. The molecule has 12 heavy (non-hydrogen) atoms. The Morgan fingerprint density at radius 3 is 2.67 bits per heavy atom. The molecule has 0 spiro atoms. The second kappa shape index (κ2) is 3.36. The molecule has 0 bridgehead atoms. The first-order chi connectivity index (χ1) is 5.65. The fraction of sp³-hybridized carbons (Fsp3) is 0. The number of hydrogen-bond acceptors (Lipinski definition) is 2. The molecule has 1 rings (SSSR count). The molecule has 0 unspecified atom stereocenters. The molecule has 0 saturated heterocycles. The van der Waals surface area contributed by atoms with Gasteiger partial charge in [-0.3, -0.25) is 4.79 Å². The predicted molar refractivity (Wildman–Crippen MR) is 43.8 cm³/mol. The number of rotatable bonds is 2. The van der Waals surface area contributed by atoms with Crippen LogP contribution in [0.15, 0.2) is 18.2 Å². The minimum Gasteiger partial charge on any atom is -0.478 e. The highest BCUT2D eigenvalue weighted by molar-refractivity contribution is 6.31. The molecule has 0 aromatic heterocycles. The molecule has 0 aliphatic rings. The van der Waals surface area contributed by atoms with Gasteiger partial charge in [0, 0.05) is 10.6 Å². The zero-order valence-corrected chi connectivity index (χ0v) is 6.71. The SMILES string of the molecule is O=Cc1ccc(Cl)cc1C(=O)O. The van der Waals surface area contributed by atoms with Crippen molar-refractivity contribution in [3.05, 3.63) is 34.3 Å². The van der Waals surface area contributed by atoms with Crippen LogP contribution >= 0.6 is 11.6 Å². The Morgan fingerprint density at radius 2 is 2.17 bits per heavy atom. The summed E-state index contributed by atoms with van der Waals surface area (Å²) in [6.45, 7) is 0. The summed E-state index contributed by atoms with van der Waals surface area (Å²) < 4.78 is 0. The maximum absolute atomic E-state index is 10.5. The lowest BCUT2D eigenvalue weighted by Gasteiger charge is -1.98. The lowest BCUT2D eigenvalue weighted by Crippen LogP contribution is -2.01. The van der Waals surface area contributed by atoms with Gasteiger partial charge in [-0.05, 0) is 18.2 Å². The molecule has 1 aromatic rings. The average Bonchev–Trinajstić information content (AvgIpc) is 2.04. The third-order valence-electron chi connectivity index (χ3n) is 1.37. The number of aldehydes is 1. The molecule has 4 heteroatoms. The Kier molecular flexibility index (Phi) is 2.45. The molecule has 0 atom stereocenters. The van der Waals surface area contributed by atoms with Crippen LogP contribution in [0.2, 0.25) is 5.02 Å². The maximum Gasteiger partial charge on any atom is 0.336 e. The molecular formula is C8H5ClO3. The van der Waals surface area contributed by atoms with Crippen LogP contribution in [0.5, 0.6) is 0 Å². The number of carbonyl (C=O) groups is 2. The Balaban J connectivity index is 3.30. The summed E-state index contributed by atoms with van der Waals surface area (Å²) in [5.41, 5.74) is 0.0596. The van der Waals surface area contributed by atoms with Gasteiger partial charge in [0.2, 0.25) is 0 Å². The summed E-state index contributed by atoms with van der Waals surface area (Å²) in [4.78, 5) is 20.9. The molecule has 0 radical (unpaired) electrons. The van der Waals surface area contributed by atoms with Crippen molar-refractivity contribution in [3.63, 3.8) is 0 Å². The topological polar surface area (TPSA) is 54.4 Å². The number of hydrogen-bond donors (Lipinski definition) is 1. The van der Waals surface area contributed by atoms with Gasteiger partial charge >= 0.3 is 5.97 Å². The fourth-order valence-electron chi connectivity index (χ4n) is 0.816. The van der Waals surface area contributed by atoms with Gasteiger partial charge in [0.1, 0.15) is 0 Å². The highest BCUT2D eigenvalue weighted by Gasteiger charge is 2.08. The minimum atomic E-state index is -1.15. The Morgan fingerprint density at radius 1 is 1.50 bits per heavy atom. The molecule has 0 fully saturated rings. The van der Waals surface area contributed by atoms with Crippen molar-refractivity contribution in [1.29, 1.82) is 0 Å². The van der Waals surface area contributed by atoms with Crippen molar-refractivity contribution in [2.45, 2.75) is 0 Å². The summed E-state index contributed by atoms with van der Waals surface area (Å²) in [7, 11) is 0. The van der Waals surface area contributed by atoms with E-state index in [0.717, 1.165) is 0 Å². The van der Waals surface area contributed by atoms with Gasteiger partial charge < -0.3 is 5.11 Å². The van der Waals surface area contributed by atoms with Gasteiger partial charge in [-0.2, -0.15) is 0 Å². The normalized spacial score (nSPS) is 9.42. The molecule has 0 saturated carbocycles. The highest BCUT2D eigenvalue weighted by atomic mass is 35.5. The van der Waals surface area contributed by atoms with Crippen LogP contribution in [-0.2, 0) is 0 Å². The molecule has 0 heterocycles. The third kappa shape index (κ3) is 1.62. The van der Waals surface area contributed by atoms with Crippen LogP contribution in [0.1, 0.15) is 20.7 Å². The Bertz CT molecular complexity index is 333. The monoisotopic (exact) mass is 184 g/mol. The van der Waals surface area contributed by atoms with Crippen molar-refractivity contribution in [2.75, 3.05) is 0 Å². The van der Waals surface area contributed by atoms with E-state index in [1.807, 2.05) is 0 Å². The summed E-state index contributed by atoms with van der Waals surface area (Å²) in [6, 6.07) is 4.09. The molecule has 0 amide bonds. The Labute approximate surface area is 73.6 Å². The largest absolute Gasteiger partial charge is 0.478 e. The minimum absolute atomic E-state index is 0.0718. The van der Waals surface area contributed by atoms with E-state index in [2.05, 4.69) is 0 Å². The van der Waals surface area contributed by atoms with Gasteiger partial charge in [0.05, 0.1) is 5.56 Å². The first kappa shape index (κ1) is 8.74. The Hall–Kier alpha value is -1.35. The molecular weight excluding hydrogens is 180 g/mol. The molecule has 62 valence electrons. The van der Waals surface area contributed by atoms with Crippen molar-refractivity contribution >= 4 is 23.9 Å². The highest BCUT2D eigenvalue weighted by Crippen LogP contribution is 2.14. The van der Waals surface area contributed by atoms with Crippen molar-refractivity contribution in [3.8, 4) is 0 Å². The quantitative estimate of drug-likeness (QED) is 0.714. The van der Waals surface area contributed by atoms with Crippen LogP contribution in [0.3, 0.4) is 0 Å². The zero-order valence-electron chi connectivity index (χ0n) is 5.95. The van der Waals surface area contributed by atoms with E-state index in [0.29, 0.717) is 11.3 Å². The van der Waals surface area contributed by atoms with Crippen molar-refractivity contribution < 1.29 is 14.7 Å². The summed E-state index contributed by atoms with van der Waals surface area (Å²) >= 11 is 5.54. The average molecular weight is 185 g/mol. The van der Waals surface area contributed by atoms with E-state index >= 15 is 0 Å². The van der Waals surface area contributed by atoms with E-state index in [1.54, 1.807) is 0 Å². The number of carboxylic acid groups (broad SMARTS) is 1. The van der Waals surface area contributed by atoms with Crippen molar-refractivity contribution in [2.24, 2.45) is 0 Å². The number of halogens is 1. The summed E-state index contributed by atoms with van der Waals surface area (Å²) in [6.07, 6.45) is 0.486. The smallest absolute Gasteiger partial charge is 0.336 e. The third-order valence-corrected chi connectivity index (χ3v) is 1.61.